The SMILES string of the molecule is CC(=O)N(C)C[C@H]1CCN(CC(=O)O)C1. The minimum absolute atomic E-state index is 0.0617. The van der Waals surface area contributed by atoms with Crippen LogP contribution in [0.4, 0.5) is 0 Å². The molecule has 5 heteroatoms. The summed E-state index contributed by atoms with van der Waals surface area (Å²) in [4.78, 5) is 25.1. The zero-order valence-electron chi connectivity index (χ0n) is 9.27. The Morgan fingerprint density at radius 1 is 1.53 bits per heavy atom. The smallest absolute Gasteiger partial charge is 0.317 e. The summed E-state index contributed by atoms with van der Waals surface area (Å²) in [5, 5.41) is 8.62. The van der Waals surface area contributed by atoms with Gasteiger partial charge in [-0.25, -0.2) is 0 Å². The van der Waals surface area contributed by atoms with E-state index in [4.69, 9.17) is 5.11 Å². The number of hydrogen-bond donors (Lipinski definition) is 1. The van der Waals surface area contributed by atoms with Gasteiger partial charge in [-0.05, 0) is 18.9 Å². The van der Waals surface area contributed by atoms with Crippen molar-refractivity contribution >= 4 is 11.9 Å². The molecule has 1 aliphatic rings. The molecule has 0 aromatic carbocycles. The van der Waals surface area contributed by atoms with E-state index in [0.29, 0.717) is 5.92 Å². The third-order valence-corrected chi connectivity index (χ3v) is 2.80. The molecule has 0 radical (unpaired) electrons. The normalized spacial score (nSPS) is 21.6. The Hall–Kier alpha value is -1.10. The van der Waals surface area contributed by atoms with E-state index in [2.05, 4.69) is 0 Å². The Bertz CT molecular complexity index is 255. The molecule has 1 fully saturated rings. The second kappa shape index (κ2) is 5.11. The first kappa shape index (κ1) is 12.0. The highest BCUT2D eigenvalue weighted by atomic mass is 16.4. The molecule has 0 spiro atoms. The molecule has 0 aliphatic carbocycles. The van der Waals surface area contributed by atoms with Crippen molar-refractivity contribution in [1.82, 2.24) is 9.80 Å². The summed E-state index contributed by atoms with van der Waals surface area (Å²) < 4.78 is 0. The predicted molar refractivity (Wildman–Crippen MR) is 55.5 cm³/mol. The number of carbonyl (C=O) groups is 2. The summed E-state index contributed by atoms with van der Waals surface area (Å²) in [5.41, 5.74) is 0. The highest BCUT2D eigenvalue weighted by Gasteiger charge is 2.25. The third kappa shape index (κ3) is 3.87. The van der Waals surface area contributed by atoms with Crippen LogP contribution < -0.4 is 0 Å². The number of amides is 1. The molecule has 0 bridgehead atoms. The first-order valence-electron chi connectivity index (χ1n) is 5.15. The number of hydrogen-bond acceptors (Lipinski definition) is 3. The Labute approximate surface area is 89.7 Å². The monoisotopic (exact) mass is 214 g/mol. The summed E-state index contributed by atoms with van der Waals surface area (Å²) in [5.74, 6) is -0.305. The van der Waals surface area contributed by atoms with E-state index in [1.807, 2.05) is 4.90 Å². The molecule has 86 valence electrons. The van der Waals surface area contributed by atoms with Gasteiger partial charge in [-0.1, -0.05) is 0 Å². The second-order valence-electron chi connectivity index (χ2n) is 4.18. The van der Waals surface area contributed by atoms with Crippen LogP contribution in [0, 0.1) is 5.92 Å². The van der Waals surface area contributed by atoms with Gasteiger partial charge in [-0.3, -0.25) is 14.5 Å². The maximum atomic E-state index is 11.0. The summed E-state index contributed by atoms with van der Waals surface area (Å²) in [6.07, 6.45) is 0.977. The first-order valence-corrected chi connectivity index (χ1v) is 5.15. The predicted octanol–water partition coefficient (Wildman–Crippen LogP) is -0.129. The van der Waals surface area contributed by atoms with Crippen LogP contribution in [0.3, 0.4) is 0 Å². The van der Waals surface area contributed by atoms with E-state index in [1.54, 1.807) is 18.9 Å². The van der Waals surface area contributed by atoms with Crippen LogP contribution in [-0.2, 0) is 9.59 Å². The lowest BCUT2D eigenvalue weighted by molar-refractivity contribution is -0.138. The minimum atomic E-state index is -0.782. The molecular weight excluding hydrogens is 196 g/mol. The van der Waals surface area contributed by atoms with E-state index >= 15 is 0 Å². The van der Waals surface area contributed by atoms with E-state index in [9.17, 15) is 9.59 Å². The molecule has 1 atom stereocenters. The van der Waals surface area contributed by atoms with Gasteiger partial charge in [-0.2, -0.15) is 0 Å². The standard InChI is InChI=1S/C10H18N2O3/c1-8(13)11(2)5-9-3-4-12(6-9)7-10(14)15/h9H,3-7H2,1-2H3,(H,14,15)/t9-/m1/s1. The lowest BCUT2D eigenvalue weighted by atomic mass is 10.1. The Kier molecular flexibility index (Phi) is 4.08. The van der Waals surface area contributed by atoms with Gasteiger partial charge >= 0.3 is 5.97 Å². The van der Waals surface area contributed by atoms with Crippen molar-refractivity contribution in [3.63, 3.8) is 0 Å². The Balaban J connectivity index is 2.30. The largest absolute Gasteiger partial charge is 0.480 e. The molecule has 0 aromatic heterocycles. The van der Waals surface area contributed by atoms with Crippen molar-refractivity contribution in [2.75, 3.05) is 33.2 Å². The fraction of sp³-hybridized carbons (Fsp3) is 0.800. The number of likely N-dealkylation sites (tertiary alicyclic amines) is 1. The molecule has 1 aliphatic heterocycles. The summed E-state index contributed by atoms with van der Waals surface area (Å²) in [6, 6.07) is 0. The van der Waals surface area contributed by atoms with Crippen LogP contribution in [0.5, 0.6) is 0 Å². The summed E-state index contributed by atoms with van der Waals surface area (Å²) in [7, 11) is 1.78. The Morgan fingerprint density at radius 3 is 2.73 bits per heavy atom. The van der Waals surface area contributed by atoms with Crippen LogP contribution in [0.15, 0.2) is 0 Å². The molecule has 0 unspecified atom stereocenters. The number of carbonyl (C=O) groups excluding carboxylic acids is 1. The number of rotatable bonds is 4. The zero-order valence-corrected chi connectivity index (χ0v) is 9.27. The van der Waals surface area contributed by atoms with Crippen molar-refractivity contribution in [2.45, 2.75) is 13.3 Å². The van der Waals surface area contributed by atoms with Crippen LogP contribution in [0.2, 0.25) is 0 Å². The third-order valence-electron chi connectivity index (χ3n) is 2.80. The molecule has 0 aromatic rings. The van der Waals surface area contributed by atoms with E-state index in [1.165, 1.54) is 0 Å². The van der Waals surface area contributed by atoms with Gasteiger partial charge < -0.3 is 10.0 Å². The van der Waals surface area contributed by atoms with Crippen LogP contribution in [-0.4, -0.2) is 60.0 Å². The molecular formula is C10H18N2O3. The topological polar surface area (TPSA) is 60.9 Å². The van der Waals surface area contributed by atoms with Gasteiger partial charge in [-0.15, -0.1) is 0 Å². The first-order chi connectivity index (χ1) is 6.99. The van der Waals surface area contributed by atoms with Crippen molar-refractivity contribution in [2.24, 2.45) is 5.92 Å². The highest BCUT2D eigenvalue weighted by molar-refractivity contribution is 5.72. The van der Waals surface area contributed by atoms with Crippen LogP contribution in [0.25, 0.3) is 0 Å². The lowest BCUT2D eigenvalue weighted by Crippen LogP contribution is -2.32. The highest BCUT2D eigenvalue weighted by Crippen LogP contribution is 2.16. The van der Waals surface area contributed by atoms with E-state index in [-0.39, 0.29) is 12.5 Å². The van der Waals surface area contributed by atoms with E-state index in [0.717, 1.165) is 26.1 Å². The van der Waals surface area contributed by atoms with Gasteiger partial charge in [0.2, 0.25) is 5.91 Å². The maximum absolute atomic E-state index is 11.0. The Morgan fingerprint density at radius 2 is 2.20 bits per heavy atom. The van der Waals surface area contributed by atoms with Crippen molar-refractivity contribution < 1.29 is 14.7 Å². The molecule has 1 saturated heterocycles. The number of carboxylic acid groups (broad SMARTS) is 1. The van der Waals surface area contributed by atoms with Gasteiger partial charge in [0, 0.05) is 27.1 Å². The van der Waals surface area contributed by atoms with E-state index < -0.39 is 5.97 Å². The molecule has 15 heavy (non-hydrogen) atoms. The molecule has 1 heterocycles. The van der Waals surface area contributed by atoms with Gasteiger partial charge in [0.25, 0.3) is 0 Å². The van der Waals surface area contributed by atoms with Crippen LogP contribution >= 0.6 is 0 Å². The molecule has 1 rings (SSSR count). The average Bonchev–Trinajstić information content (AvgIpc) is 2.51. The second-order valence-corrected chi connectivity index (χ2v) is 4.18. The zero-order chi connectivity index (χ0) is 11.4. The minimum Gasteiger partial charge on any atom is -0.480 e. The fourth-order valence-corrected chi connectivity index (χ4v) is 1.91. The molecule has 5 nitrogen and oxygen atoms in total. The number of nitrogens with zero attached hydrogens (tertiary/aromatic N) is 2. The fourth-order valence-electron chi connectivity index (χ4n) is 1.91. The van der Waals surface area contributed by atoms with Crippen LogP contribution in [0.1, 0.15) is 13.3 Å². The van der Waals surface area contributed by atoms with Gasteiger partial charge in [0.1, 0.15) is 0 Å². The lowest BCUT2D eigenvalue weighted by Gasteiger charge is -2.19. The average molecular weight is 214 g/mol. The van der Waals surface area contributed by atoms with Crippen molar-refractivity contribution in [3.05, 3.63) is 0 Å². The van der Waals surface area contributed by atoms with Gasteiger partial charge in [0.05, 0.1) is 6.54 Å². The van der Waals surface area contributed by atoms with Gasteiger partial charge in [0.15, 0.2) is 0 Å². The maximum Gasteiger partial charge on any atom is 0.317 e. The summed E-state index contributed by atoms with van der Waals surface area (Å²) in [6.45, 7) is 3.99. The summed E-state index contributed by atoms with van der Waals surface area (Å²) >= 11 is 0. The molecule has 0 saturated carbocycles. The van der Waals surface area contributed by atoms with Crippen molar-refractivity contribution in [1.29, 1.82) is 0 Å². The number of aliphatic carboxylic acids is 1. The number of carboxylic acids is 1. The quantitative estimate of drug-likeness (QED) is 0.708. The molecule has 1 N–H and O–H groups in total. The molecule has 1 amide bonds. The van der Waals surface area contributed by atoms with Crippen molar-refractivity contribution in [3.8, 4) is 0 Å².